The van der Waals surface area contributed by atoms with Gasteiger partial charge in [0.05, 0.1) is 16.7 Å². The van der Waals surface area contributed by atoms with Crippen molar-refractivity contribution in [3.8, 4) is 0 Å². The lowest BCUT2D eigenvalue weighted by atomic mass is 10.0. The zero-order valence-corrected chi connectivity index (χ0v) is 20.5. The molecular formula is C27H9BF12O3. The Morgan fingerprint density at radius 1 is 0.419 bits per heavy atom. The monoisotopic (exact) mass is 620 g/mol. The van der Waals surface area contributed by atoms with Crippen molar-refractivity contribution in [2.45, 2.75) is 17.6 Å². The van der Waals surface area contributed by atoms with Crippen LogP contribution in [-0.4, -0.2) is 7.32 Å². The van der Waals surface area contributed by atoms with Crippen LogP contribution in [0.5, 0.6) is 0 Å². The summed E-state index contributed by atoms with van der Waals surface area (Å²) < 4.78 is 193. The smallest absolute Gasteiger partial charge is 0.344 e. The van der Waals surface area contributed by atoms with Crippen LogP contribution in [0.3, 0.4) is 0 Å². The molecule has 0 heterocycles. The molecule has 3 aromatic carbocycles. The molecule has 0 saturated carbocycles. The number of hydrogen-bond donors (Lipinski definition) is 0. The first-order valence-electron chi connectivity index (χ1n) is 11.8. The Balaban J connectivity index is 1.50. The molecule has 0 bridgehead atoms. The van der Waals surface area contributed by atoms with Gasteiger partial charge in [-0.2, -0.15) is 13.2 Å². The van der Waals surface area contributed by atoms with Crippen LogP contribution in [0, 0.1) is 17.5 Å². The second-order valence-corrected chi connectivity index (χ2v) is 9.30. The summed E-state index contributed by atoms with van der Waals surface area (Å²) in [4.78, 5) is 0. The van der Waals surface area contributed by atoms with Crippen LogP contribution in [0.1, 0.15) is 33.4 Å². The summed E-state index contributed by atoms with van der Waals surface area (Å²) in [6.45, 7) is 0. The van der Waals surface area contributed by atoms with Crippen molar-refractivity contribution in [1.29, 1.82) is 0 Å². The first kappa shape index (κ1) is 29.1. The lowest BCUT2D eigenvalue weighted by Crippen LogP contribution is -2.46. The minimum absolute atomic E-state index is 0.541. The molecule has 0 saturated heterocycles. The fraction of sp³-hybridized carbons (Fsp3) is 0.111. The first-order valence-corrected chi connectivity index (χ1v) is 11.8. The standard InChI is InChI=1S/C27H9BF12O3/c29-13-7-1-4-10-16(13)19(32)22(35)25(10,38)41-28(42-26(39)11-5-2-8-14(30)17(11)20(33)23(26)36)43-27(40)12-6-3-9-15(31)18(12)21(34)24(27)37/h1-9H. The van der Waals surface area contributed by atoms with E-state index in [4.69, 9.17) is 0 Å². The average Bonchev–Trinajstić information content (AvgIpc) is 3.37. The van der Waals surface area contributed by atoms with Gasteiger partial charge in [0, 0.05) is 16.7 Å². The van der Waals surface area contributed by atoms with Crippen LogP contribution in [0.25, 0.3) is 17.5 Å². The molecule has 3 nitrogen and oxygen atoms in total. The van der Waals surface area contributed by atoms with Gasteiger partial charge in [0.1, 0.15) is 17.5 Å². The van der Waals surface area contributed by atoms with Gasteiger partial charge in [0.15, 0.2) is 17.5 Å². The van der Waals surface area contributed by atoms with Gasteiger partial charge in [-0.05, 0) is 18.2 Å². The number of halogens is 12. The minimum atomic E-state index is -4.41. The summed E-state index contributed by atoms with van der Waals surface area (Å²) in [6, 6.07) is 5.49. The van der Waals surface area contributed by atoms with Gasteiger partial charge in [-0.3, -0.25) is 0 Å². The predicted molar refractivity (Wildman–Crippen MR) is 124 cm³/mol. The maximum absolute atomic E-state index is 16.1. The molecule has 0 aromatic heterocycles. The number of benzene rings is 3. The van der Waals surface area contributed by atoms with Gasteiger partial charge >= 0.3 is 7.32 Å². The van der Waals surface area contributed by atoms with Gasteiger partial charge in [0.25, 0.3) is 17.6 Å². The molecule has 0 amide bonds. The molecule has 3 unspecified atom stereocenters. The minimum Gasteiger partial charge on any atom is -0.344 e. The molecule has 6 rings (SSSR count). The van der Waals surface area contributed by atoms with E-state index in [1.807, 2.05) is 0 Å². The van der Waals surface area contributed by atoms with Crippen LogP contribution in [0.4, 0.5) is 52.7 Å². The summed E-state index contributed by atoms with van der Waals surface area (Å²) in [5, 5.41) is 0. The maximum atomic E-state index is 16.1. The Bertz CT molecular complexity index is 1620. The highest BCUT2D eigenvalue weighted by Gasteiger charge is 2.62. The van der Waals surface area contributed by atoms with E-state index in [2.05, 4.69) is 14.0 Å². The van der Waals surface area contributed by atoms with Crippen molar-refractivity contribution in [3.63, 3.8) is 0 Å². The van der Waals surface area contributed by atoms with E-state index in [0.29, 0.717) is 36.4 Å². The van der Waals surface area contributed by atoms with E-state index < -0.39 is 111 Å². The average molecular weight is 620 g/mol. The molecule has 0 radical (unpaired) electrons. The Kier molecular flexibility index (Phi) is 6.42. The van der Waals surface area contributed by atoms with E-state index in [0.717, 1.165) is 18.2 Å². The molecule has 0 spiro atoms. The number of fused-ring (bicyclic) bond motifs is 3. The fourth-order valence-electron chi connectivity index (χ4n) is 4.97. The molecule has 0 aliphatic heterocycles. The first-order chi connectivity index (χ1) is 20.2. The molecule has 0 N–H and O–H groups in total. The molecule has 3 atom stereocenters. The SMILES string of the molecule is FC1=C(F)C(F)(OB(OC2(F)C(F)=C(F)c3c(F)cccc32)OC2(F)C(F)=C(F)c3c(F)cccc32)c2cccc(F)c21. The molecule has 16 heteroatoms. The van der Waals surface area contributed by atoms with E-state index in [-0.39, 0.29) is 0 Å². The van der Waals surface area contributed by atoms with Gasteiger partial charge in [-0.25, -0.2) is 39.5 Å². The van der Waals surface area contributed by atoms with Gasteiger partial charge in [-0.15, -0.1) is 0 Å². The van der Waals surface area contributed by atoms with Gasteiger partial charge in [0.2, 0.25) is 17.5 Å². The highest BCUT2D eigenvalue weighted by atomic mass is 19.2. The van der Waals surface area contributed by atoms with Crippen molar-refractivity contribution in [3.05, 3.63) is 123 Å². The predicted octanol–water partition coefficient (Wildman–Crippen LogP) is 8.77. The van der Waals surface area contributed by atoms with Gasteiger partial charge < -0.3 is 14.0 Å². The summed E-state index contributed by atoms with van der Waals surface area (Å²) in [6.07, 6.45) is 0. The van der Waals surface area contributed by atoms with Crippen molar-refractivity contribution >= 4 is 24.8 Å². The molecule has 0 fully saturated rings. The van der Waals surface area contributed by atoms with Crippen LogP contribution >= 0.6 is 0 Å². The van der Waals surface area contributed by atoms with Gasteiger partial charge in [-0.1, -0.05) is 36.4 Å². The van der Waals surface area contributed by atoms with Crippen LogP contribution in [0.2, 0.25) is 0 Å². The normalized spacial score (nSPS) is 26.0. The second kappa shape index (κ2) is 9.49. The highest BCUT2D eigenvalue weighted by molar-refractivity contribution is 6.37. The lowest BCUT2D eigenvalue weighted by Gasteiger charge is -2.32. The van der Waals surface area contributed by atoms with Crippen LogP contribution < -0.4 is 0 Å². The molecular weight excluding hydrogens is 611 g/mol. The summed E-state index contributed by atoms with van der Waals surface area (Å²) in [7, 11) is -3.69. The summed E-state index contributed by atoms with van der Waals surface area (Å²) in [5.41, 5.74) is -8.12. The number of rotatable bonds is 6. The van der Waals surface area contributed by atoms with Crippen LogP contribution in [0.15, 0.2) is 72.1 Å². The topological polar surface area (TPSA) is 27.7 Å². The second-order valence-electron chi connectivity index (χ2n) is 9.30. The molecule has 3 aliphatic rings. The summed E-state index contributed by atoms with van der Waals surface area (Å²) in [5.74, 6) is -32.3. The Labute approximate surface area is 232 Å². The van der Waals surface area contributed by atoms with Crippen molar-refractivity contribution in [1.82, 2.24) is 0 Å². The number of hydrogen-bond acceptors (Lipinski definition) is 3. The van der Waals surface area contributed by atoms with Crippen LogP contribution in [-0.2, 0) is 31.5 Å². The quantitative estimate of drug-likeness (QED) is 0.204. The Morgan fingerprint density at radius 3 is 0.930 bits per heavy atom. The zero-order valence-electron chi connectivity index (χ0n) is 20.5. The molecule has 43 heavy (non-hydrogen) atoms. The highest BCUT2D eigenvalue weighted by Crippen LogP contribution is 2.56. The summed E-state index contributed by atoms with van der Waals surface area (Å²) >= 11 is 0. The molecule has 3 aliphatic carbocycles. The van der Waals surface area contributed by atoms with E-state index in [9.17, 15) is 39.5 Å². The molecule has 222 valence electrons. The molecule has 3 aromatic rings. The van der Waals surface area contributed by atoms with Crippen molar-refractivity contribution < 1.29 is 66.6 Å². The van der Waals surface area contributed by atoms with Crippen molar-refractivity contribution in [2.75, 3.05) is 0 Å². The van der Waals surface area contributed by atoms with E-state index in [1.54, 1.807) is 0 Å². The van der Waals surface area contributed by atoms with Crippen molar-refractivity contribution in [2.24, 2.45) is 0 Å². The fourth-order valence-corrected chi connectivity index (χ4v) is 4.97. The maximum Gasteiger partial charge on any atom is 0.648 e. The third kappa shape index (κ3) is 3.85. The lowest BCUT2D eigenvalue weighted by molar-refractivity contribution is -0.176. The van der Waals surface area contributed by atoms with E-state index >= 15 is 13.2 Å². The zero-order chi connectivity index (χ0) is 31.2. The Morgan fingerprint density at radius 2 is 0.674 bits per heavy atom. The largest absolute Gasteiger partial charge is 0.648 e. The third-order valence-electron chi connectivity index (χ3n) is 6.94. The third-order valence-corrected chi connectivity index (χ3v) is 6.94. The number of alkyl halides is 3. The van der Waals surface area contributed by atoms with E-state index in [1.165, 1.54) is 0 Å². The Hall–Kier alpha value is -4.02.